The molecule has 1 amide bonds. The molecule has 5 heteroatoms. The molecule has 0 aromatic rings. The van der Waals surface area contributed by atoms with Crippen molar-refractivity contribution in [2.45, 2.75) is 26.0 Å². The monoisotopic (exact) mass is 175 g/mol. The van der Waals surface area contributed by atoms with E-state index in [-0.39, 0.29) is 0 Å². The summed E-state index contributed by atoms with van der Waals surface area (Å²) in [5, 5.41) is 11.0. The van der Waals surface area contributed by atoms with Crippen molar-refractivity contribution in [2.24, 2.45) is 0 Å². The van der Waals surface area contributed by atoms with E-state index in [1.165, 1.54) is 21.0 Å². The van der Waals surface area contributed by atoms with Crippen molar-refractivity contribution in [3.63, 3.8) is 0 Å². The number of aliphatic hydroxyl groups is 1. The predicted octanol–water partition coefficient (Wildman–Crippen LogP) is -0.955. The third kappa shape index (κ3) is 3.34. The fourth-order valence-electron chi connectivity index (χ4n) is 0.570. The summed E-state index contributed by atoms with van der Waals surface area (Å²) in [5.74, 6) is -1.13. The summed E-state index contributed by atoms with van der Waals surface area (Å²) in [6.07, 6.45) is -1.11. The minimum absolute atomic E-state index is 0.538. The molecule has 0 rings (SSSR count). The van der Waals surface area contributed by atoms with Gasteiger partial charge in [0, 0.05) is 0 Å². The van der Waals surface area contributed by atoms with Gasteiger partial charge in [0.05, 0.1) is 7.11 Å². The molecule has 2 atom stereocenters. The van der Waals surface area contributed by atoms with Crippen LogP contribution in [-0.2, 0) is 14.3 Å². The number of ether oxygens (including phenoxy) is 1. The molecule has 0 aliphatic carbocycles. The van der Waals surface area contributed by atoms with E-state index in [0.29, 0.717) is 0 Å². The molecule has 0 spiro atoms. The van der Waals surface area contributed by atoms with Crippen LogP contribution >= 0.6 is 0 Å². The van der Waals surface area contributed by atoms with Gasteiger partial charge in [-0.2, -0.15) is 0 Å². The number of amides is 1. The van der Waals surface area contributed by atoms with Crippen molar-refractivity contribution in [3.05, 3.63) is 0 Å². The second-order valence-electron chi connectivity index (χ2n) is 2.43. The summed E-state index contributed by atoms with van der Waals surface area (Å²) < 4.78 is 4.36. The highest BCUT2D eigenvalue weighted by Crippen LogP contribution is 1.87. The van der Waals surface area contributed by atoms with E-state index < -0.39 is 24.0 Å². The quantitative estimate of drug-likeness (QED) is 0.542. The second kappa shape index (κ2) is 4.71. The topological polar surface area (TPSA) is 75.6 Å². The SMILES string of the molecule is COC(=O)[C@H](C)NC(=O)[C@H](C)O. The molecule has 0 saturated heterocycles. The van der Waals surface area contributed by atoms with E-state index >= 15 is 0 Å². The Bertz CT molecular complexity index is 178. The van der Waals surface area contributed by atoms with Gasteiger partial charge in [-0.15, -0.1) is 0 Å². The van der Waals surface area contributed by atoms with Crippen molar-refractivity contribution < 1.29 is 19.4 Å². The Morgan fingerprint density at radius 2 is 1.92 bits per heavy atom. The lowest BCUT2D eigenvalue weighted by Crippen LogP contribution is -2.43. The zero-order valence-corrected chi connectivity index (χ0v) is 7.33. The number of methoxy groups -OCH3 is 1. The summed E-state index contributed by atoms with van der Waals surface area (Å²) in [6, 6.07) is -0.725. The lowest BCUT2D eigenvalue weighted by Gasteiger charge is -2.12. The Kier molecular flexibility index (Phi) is 4.28. The fraction of sp³-hybridized carbons (Fsp3) is 0.714. The van der Waals surface area contributed by atoms with Crippen molar-refractivity contribution in [2.75, 3.05) is 7.11 Å². The molecule has 0 radical (unpaired) electrons. The van der Waals surface area contributed by atoms with Gasteiger partial charge in [-0.25, -0.2) is 4.79 Å². The van der Waals surface area contributed by atoms with Gasteiger partial charge in [-0.3, -0.25) is 4.79 Å². The van der Waals surface area contributed by atoms with Gasteiger partial charge in [-0.05, 0) is 13.8 Å². The molecule has 0 heterocycles. The number of aliphatic hydroxyl groups excluding tert-OH is 1. The van der Waals surface area contributed by atoms with Crippen LogP contribution in [0.3, 0.4) is 0 Å². The summed E-state index contributed by atoms with van der Waals surface area (Å²) >= 11 is 0. The van der Waals surface area contributed by atoms with Crippen molar-refractivity contribution in [1.82, 2.24) is 5.32 Å². The number of hydrogen-bond donors (Lipinski definition) is 2. The molecule has 0 saturated carbocycles. The van der Waals surface area contributed by atoms with E-state index in [0.717, 1.165) is 0 Å². The molecule has 70 valence electrons. The van der Waals surface area contributed by atoms with E-state index in [9.17, 15) is 9.59 Å². The largest absolute Gasteiger partial charge is 0.467 e. The van der Waals surface area contributed by atoms with Gasteiger partial charge in [0.2, 0.25) is 5.91 Å². The summed E-state index contributed by atoms with van der Waals surface area (Å²) in [7, 11) is 1.23. The Balaban J connectivity index is 3.92. The maximum Gasteiger partial charge on any atom is 0.328 e. The average Bonchev–Trinajstić information content (AvgIpc) is 2.02. The van der Waals surface area contributed by atoms with Crippen LogP contribution in [0.2, 0.25) is 0 Å². The van der Waals surface area contributed by atoms with Crippen LogP contribution in [-0.4, -0.2) is 36.2 Å². The maximum absolute atomic E-state index is 10.8. The first kappa shape index (κ1) is 10.9. The normalized spacial score (nSPS) is 14.7. The minimum Gasteiger partial charge on any atom is -0.467 e. The molecular weight excluding hydrogens is 162 g/mol. The van der Waals surface area contributed by atoms with Gasteiger partial charge >= 0.3 is 5.97 Å². The number of carbonyl (C=O) groups excluding carboxylic acids is 2. The zero-order valence-electron chi connectivity index (χ0n) is 7.33. The van der Waals surface area contributed by atoms with Crippen LogP contribution in [0.15, 0.2) is 0 Å². The van der Waals surface area contributed by atoms with Gasteiger partial charge in [0.25, 0.3) is 0 Å². The first-order valence-corrected chi connectivity index (χ1v) is 3.55. The van der Waals surface area contributed by atoms with E-state index in [4.69, 9.17) is 5.11 Å². The number of esters is 1. The Hall–Kier alpha value is -1.10. The molecule has 5 nitrogen and oxygen atoms in total. The third-order valence-electron chi connectivity index (χ3n) is 1.29. The van der Waals surface area contributed by atoms with Crippen LogP contribution in [0.5, 0.6) is 0 Å². The average molecular weight is 175 g/mol. The highest BCUT2D eigenvalue weighted by Gasteiger charge is 2.17. The second-order valence-corrected chi connectivity index (χ2v) is 2.43. The molecular formula is C7H13NO4. The molecule has 0 unspecified atom stereocenters. The van der Waals surface area contributed by atoms with Crippen LogP contribution in [0.1, 0.15) is 13.8 Å². The Morgan fingerprint density at radius 3 is 2.25 bits per heavy atom. The van der Waals surface area contributed by atoms with Gasteiger partial charge in [-0.1, -0.05) is 0 Å². The molecule has 0 aliphatic rings. The van der Waals surface area contributed by atoms with E-state index in [2.05, 4.69) is 10.1 Å². The lowest BCUT2D eigenvalue weighted by atomic mass is 10.3. The van der Waals surface area contributed by atoms with Crippen LogP contribution in [0.4, 0.5) is 0 Å². The van der Waals surface area contributed by atoms with Crippen LogP contribution in [0.25, 0.3) is 0 Å². The van der Waals surface area contributed by atoms with Gasteiger partial charge in [0.15, 0.2) is 0 Å². The first-order valence-electron chi connectivity index (χ1n) is 3.55. The Labute approximate surface area is 70.7 Å². The standard InChI is InChI=1S/C7H13NO4/c1-4(7(11)12-3)8-6(10)5(2)9/h4-5,9H,1-3H3,(H,8,10)/t4-,5-/m0/s1. The predicted molar refractivity (Wildman–Crippen MR) is 41.3 cm³/mol. The van der Waals surface area contributed by atoms with Crippen molar-refractivity contribution >= 4 is 11.9 Å². The first-order chi connectivity index (χ1) is 5.49. The summed E-state index contributed by atoms with van der Waals surface area (Å²) in [4.78, 5) is 21.6. The summed E-state index contributed by atoms with van der Waals surface area (Å²) in [5.41, 5.74) is 0. The lowest BCUT2D eigenvalue weighted by molar-refractivity contribution is -0.145. The summed E-state index contributed by atoms with van der Waals surface area (Å²) in [6.45, 7) is 2.80. The number of nitrogens with one attached hydrogen (secondary N) is 1. The molecule has 0 aromatic heterocycles. The van der Waals surface area contributed by atoms with E-state index in [1.807, 2.05) is 0 Å². The number of rotatable bonds is 3. The van der Waals surface area contributed by atoms with Crippen molar-refractivity contribution in [1.29, 1.82) is 0 Å². The zero-order chi connectivity index (χ0) is 9.72. The molecule has 0 bridgehead atoms. The smallest absolute Gasteiger partial charge is 0.328 e. The number of carbonyl (C=O) groups is 2. The van der Waals surface area contributed by atoms with Crippen LogP contribution < -0.4 is 5.32 Å². The van der Waals surface area contributed by atoms with Gasteiger partial charge in [0.1, 0.15) is 12.1 Å². The van der Waals surface area contributed by atoms with Crippen molar-refractivity contribution in [3.8, 4) is 0 Å². The third-order valence-corrected chi connectivity index (χ3v) is 1.29. The molecule has 2 N–H and O–H groups in total. The molecule has 12 heavy (non-hydrogen) atoms. The van der Waals surface area contributed by atoms with E-state index in [1.54, 1.807) is 0 Å². The molecule has 0 fully saturated rings. The minimum atomic E-state index is -1.11. The van der Waals surface area contributed by atoms with Gasteiger partial charge < -0.3 is 15.2 Å². The highest BCUT2D eigenvalue weighted by atomic mass is 16.5. The fourth-order valence-corrected chi connectivity index (χ4v) is 0.570. The maximum atomic E-state index is 10.8. The molecule has 0 aliphatic heterocycles. The Morgan fingerprint density at radius 1 is 1.42 bits per heavy atom. The van der Waals surface area contributed by atoms with Crippen LogP contribution in [0, 0.1) is 0 Å². The number of hydrogen-bond acceptors (Lipinski definition) is 4. The molecule has 0 aromatic carbocycles. The highest BCUT2D eigenvalue weighted by molar-refractivity contribution is 5.86.